The summed E-state index contributed by atoms with van der Waals surface area (Å²) in [5.41, 5.74) is 1.75. The summed E-state index contributed by atoms with van der Waals surface area (Å²) in [4.78, 5) is 8.64. The predicted molar refractivity (Wildman–Crippen MR) is 106 cm³/mol. The molecular formula is C18H15BrFN7O. The molecule has 0 aliphatic rings. The Bertz CT molecular complexity index is 1110. The Hall–Kier alpha value is -3.27. The zero-order valence-electron chi connectivity index (χ0n) is 14.7. The number of halogens is 2. The van der Waals surface area contributed by atoms with Gasteiger partial charge in [-0.3, -0.25) is 5.10 Å². The number of benzene rings is 1. The Labute approximate surface area is 167 Å². The van der Waals surface area contributed by atoms with Gasteiger partial charge in [-0.2, -0.15) is 10.1 Å². The van der Waals surface area contributed by atoms with Crippen molar-refractivity contribution in [1.29, 1.82) is 0 Å². The van der Waals surface area contributed by atoms with Gasteiger partial charge in [-0.15, -0.1) is 0 Å². The van der Waals surface area contributed by atoms with E-state index in [0.29, 0.717) is 45.6 Å². The minimum absolute atomic E-state index is 0.296. The van der Waals surface area contributed by atoms with Crippen molar-refractivity contribution >= 4 is 33.5 Å². The first-order valence-electron chi connectivity index (χ1n) is 8.34. The van der Waals surface area contributed by atoms with E-state index in [2.05, 4.69) is 51.9 Å². The maximum absolute atomic E-state index is 13.9. The van der Waals surface area contributed by atoms with E-state index in [4.69, 9.17) is 4.52 Å². The number of rotatable bonds is 6. The van der Waals surface area contributed by atoms with Crippen LogP contribution in [0.3, 0.4) is 0 Å². The maximum Gasteiger partial charge on any atom is 0.225 e. The molecule has 0 aliphatic heterocycles. The van der Waals surface area contributed by atoms with Crippen molar-refractivity contribution in [2.75, 3.05) is 10.6 Å². The molecule has 0 radical (unpaired) electrons. The summed E-state index contributed by atoms with van der Waals surface area (Å²) in [6.45, 7) is 2.21. The highest BCUT2D eigenvalue weighted by Crippen LogP contribution is 2.25. The van der Waals surface area contributed by atoms with Crippen LogP contribution in [0.25, 0.3) is 11.3 Å². The van der Waals surface area contributed by atoms with Gasteiger partial charge >= 0.3 is 0 Å². The van der Waals surface area contributed by atoms with Crippen molar-refractivity contribution in [2.45, 2.75) is 13.5 Å². The van der Waals surface area contributed by atoms with Gasteiger partial charge in [-0.25, -0.2) is 9.37 Å². The highest BCUT2D eigenvalue weighted by molar-refractivity contribution is 9.10. The average molecular weight is 444 g/mol. The van der Waals surface area contributed by atoms with E-state index in [1.54, 1.807) is 30.5 Å². The van der Waals surface area contributed by atoms with Crippen LogP contribution in [0.2, 0.25) is 0 Å². The summed E-state index contributed by atoms with van der Waals surface area (Å²) in [6.07, 6.45) is 1.63. The van der Waals surface area contributed by atoms with Gasteiger partial charge in [0.15, 0.2) is 17.4 Å². The second-order valence-corrected chi connectivity index (χ2v) is 6.82. The Balaban J connectivity index is 1.45. The summed E-state index contributed by atoms with van der Waals surface area (Å²) in [5, 5.41) is 17.1. The SMILES string of the molecule is Cc1cc(Nc2nc(NCc3cc(-c4ccccc4F)no3)ncc2Br)n[nH]1. The summed E-state index contributed by atoms with van der Waals surface area (Å²) in [6, 6.07) is 9.94. The normalized spacial score (nSPS) is 10.8. The minimum atomic E-state index is -0.351. The van der Waals surface area contributed by atoms with Gasteiger partial charge in [0, 0.05) is 29.6 Å². The first-order chi connectivity index (χ1) is 13.6. The van der Waals surface area contributed by atoms with Crippen LogP contribution in [0, 0.1) is 12.7 Å². The first kappa shape index (κ1) is 18.1. The van der Waals surface area contributed by atoms with E-state index in [0.717, 1.165) is 5.69 Å². The quantitative estimate of drug-likeness (QED) is 0.404. The second kappa shape index (κ2) is 7.77. The molecule has 0 bridgehead atoms. The molecule has 10 heteroatoms. The van der Waals surface area contributed by atoms with Gasteiger partial charge < -0.3 is 15.2 Å². The average Bonchev–Trinajstić information content (AvgIpc) is 3.32. The van der Waals surface area contributed by atoms with Crippen LogP contribution in [0.4, 0.5) is 22.0 Å². The topological polar surface area (TPSA) is 105 Å². The summed E-state index contributed by atoms with van der Waals surface area (Å²) >= 11 is 3.41. The zero-order chi connectivity index (χ0) is 19.5. The molecule has 0 amide bonds. The number of aryl methyl sites for hydroxylation is 1. The molecule has 3 heterocycles. The monoisotopic (exact) mass is 443 g/mol. The molecule has 4 rings (SSSR count). The van der Waals surface area contributed by atoms with Crippen LogP contribution in [0.1, 0.15) is 11.5 Å². The van der Waals surface area contributed by atoms with Crippen LogP contribution >= 0.6 is 15.9 Å². The van der Waals surface area contributed by atoms with E-state index in [9.17, 15) is 4.39 Å². The Morgan fingerprint density at radius 1 is 1.25 bits per heavy atom. The van der Waals surface area contributed by atoms with Gasteiger partial charge in [0.05, 0.1) is 11.0 Å². The molecule has 142 valence electrons. The van der Waals surface area contributed by atoms with Crippen molar-refractivity contribution in [3.05, 3.63) is 64.3 Å². The summed E-state index contributed by atoms with van der Waals surface area (Å²) in [7, 11) is 0. The molecule has 3 aromatic heterocycles. The van der Waals surface area contributed by atoms with E-state index >= 15 is 0 Å². The fraction of sp³-hybridized carbons (Fsp3) is 0.111. The molecule has 0 unspecified atom stereocenters. The number of nitrogens with one attached hydrogen (secondary N) is 3. The Kier molecular flexibility index (Phi) is 5.02. The molecule has 0 saturated heterocycles. The second-order valence-electron chi connectivity index (χ2n) is 5.96. The molecule has 28 heavy (non-hydrogen) atoms. The lowest BCUT2D eigenvalue weighted by Gasteiger charge is -2.07. The van der Waals surface area contributed by atoms with Crippen LogP contribution < -0.4 is 10.6 Å². The van der Waals surface area contributed by atoms with Gasteiger partial charge in [0.25, 0.3) is 0 Å². The van der Waals surface area contributed by atoms with E-state index in [1.165, 1.54) is 6.07 Å². The molecule has 4 aromatic rings. The fourth-order valence-electron chi connectivity index (χ4n) is 2.50. The van der Waals surface area contributed by atoms with Crippen molar-refractivity contribution in [1.82, 2.24) is 25.3 Å². The van der Waals surface area contributed by atoms with Gasteiger partial charge in [-0.05, 0) is 35.0 Å². The number of aromatic nitrogens is 5. The molecular weight excluding hydrogens is 429 g/mol. The Morgan fingerprint density at radius 2 is 2.11 bits per heavy atom. The third-order valence-electron chi connectivity index (χ3n) is 3.83. The number of hydrogen-bond donors (Lipinski definition) is 3. The highest BCUT2D eigenvalue weighted by Gasteiger charge is 2.12. The maximum atomic E-state index is 13.9. The smallest absolute Gasteiger partial charge is 0.225 e. The highest BCUT2D eigenvalue weighted by atomic mass is 79.9. The van der Waals surface area contributed by atoms with E-state index in [1.807, 2.05) is 13.0 Å². The van der Waals surface area contributed by atoms with Crippen molar-refractivity contribution < 1.29 is 8.91 Å². The predicted octanol–water partition coefficient (Wildman–Crippen LogP) is 4.42. The molecule has 1 aromatic carbocycles. The van der Waals surface area contributed by atoms with Crippen LogP contribution in [0.5, 0.6) is 0 Å². The number of anilines is 3. The molecule has 0 saturated carbocycles. The molecule has 0 atom stereocenters. The van der Waals surface area contributed by atoms with Crippen LogP contribution in [-0.4, -0.2) is 25.3 Å². The molecule has 0 fully saturated rings. The lowest BCUT2D eigenvalue weighted by molar-refractivity contribution is 0.389. The number of aromatic amines is 1. The largest absolute Gasteiger partial charge is 0.359 e. The van der Waals surface area contributed by atoms with Crippen LogP contribution in [0.15, 0.2) is 51.6 Å². The first-order valence-corrected chi connectivity index (χ1v) is 9.14. The third kappa shape index (κ3) is 4.01. The standard InChI is InChI=1S/C18H15BrFN7O/c1-10-6-16(26-25-10)23-17-13(19)9-22-18(24-17)21-8-11-7-15(27-28-11)12-4-2-3-5-14(12)20/h2-7,9H,8H2,1H3,(H3,21,22,23,24,25,26). The van der Waals surface area contributed by atoms with Crippen molar-refractivity contribution in [3.63, 3.8) is 0 Å². The number of nitrogens with zero attached hydrogens (tertiary/aromatic N) is 4. The van der Waals surface area contributed by atoms with Crippen LogP contribution in [-0.2, 0) is 6.54 Å². The molecule has 0 aliphatic carbocycles. The van der Waals surface area contributed by atoms with Crippen molar-refractivity contribution in [3.8, 4) is 11.3 Å². The zero-order valence-corrected chi connectivity index (χ0v) is 16.3. The van der Waals surface area contributed by atoms with E-state index < -0.39 is 0 Å². The molecule has 8 nitrogen and oxygen atoms in total. The number of H-pyrrole nitrogens is 1. The lowest BCUT2D eigenvalue weighted by Crippen LogP contribution is -2.05. The third-order valence-corrected chi connectivity index (χ3v) is 4.41. The minimum Gasteiger partial charge on any atom is -0.359 e. The number of hydrogen-bond acceptors (Lipinski definition) is 7. The lowest BCUT2D eigenvalue weighted by atomic mass is 10.1. The molecule has 3 N–H and O–H groups in total. The Morgan fingerprint density at radius 3 is 2.89 bits per heavy atom. The van der Waals surface area contributed by atoms with E-state index in [-0.39, 0.29) is 5.82 Å². The van der Waals surface area contributed by atoms with Gasteiger partial charge in [-0.1, -0.05) is 17.3 Å². The van der Waals surface area contributed by atoms with Gasteiger partial charge in [0.2, 0.25) is 5.95 Å². The summed E-state index contributed by atoms with van der Waals surface area (Å²) in [5.74, 6) is 1.78. The van der Waals surface area contributed by atoms with Gasteiger partial charge in [0.1, 0.15) is 11.5 Å². The van der Waals surface area contributed by atoms with Crippen molar-refractivity contribution in [2.24, 2.45) is 0 Å². The fourth-order valence-corrected chi connectivity index (χ4v) is 2.79. The summed E-state index contributed by atoms with van der Waals surface area (Å²) < 4.78 is 19.8. The molecule has 0 spiro atoms.